The summed E-state index contributed by atoms with van der Waals surface area (Å²) < 4.78 is 0. The maximum Gasteiger partial charge on any atom is 0.235 e. The fraction of sp³-hybridized carbons (Fsp3) is 0.278. The van der Waals surface area contributed by atoms with E-state index in [2.05, 4.69) is 18.2 Å². The fourth-order valence-electron chi connectivity index (χ4n) is 3.39. The molecule has 0 saturated heterocycles. The van der Waals surface area contributed by atoms with E-state index >= 15 is 0 Å². The summed E-state index contributed by atoms with van der Waals surface area (Å²) in [4.78, 5) is 16.3. The van der Waals surface area contributed by atoms with Gasteiger partial charge in [-0.2, -0.15) is 0 Å². The second-order valence-electron chi connectivity index (χ2n) is 5.94. The Hall–Kier alpha value is -1.78. The molecular weight excluding hydrogens is 292 g/mol. The highest BCUT2D eigenvalue weighted by Crippen LogP contribution is 2.41. The molecule has 0 radical (unpaired) electrons. The fourth-order valence-corrected chi connectivity index (χ4v) is 4.61. The van der Waals surface area contributed by atoms with Crippen molar-refractivity contribution >= 4 is 23.4 Å². The van der Waals surface area contributed by atoms with Crippen LogP contribution < -0.4 is 10.6 Å². The maximum absolute atomic E-state index is 13.1. The van der Waals surface area contributed by atoms with Gasteiger partial charge in [-0.15, -0.1) is 11.8 Å². The number of nitrogens with two attached hydrogens (primary N) is 1. The van der Waals surface area contributed by atoms with Crippen molar-refractivity contribution in [2.24, 2.45) is 5.73 Å². The first kappa shape index (κ1) is 13.9. The largest absolute Gasteiger partial charge is 0.326 e. The summed E-state index contributed by atoms with van der Waals surface area (Å²) in [7, 11) is 0. The molecule has 2 aliphatic heterocycles. The van der Waals surface area contributed by atoms with Gasteiger partial charge in [0.1, 0.15) is 0 Å². The molecule has 112 valence electrons. The molecular formula is C18H18N2OS. The number of rotatable bonds is 1. The zero-order valence-corrected chi connectivity index (χ0v) is 13.1. The summed E-state index contributed by atoms with van der Waals surface area (Å²) in [6.45, 7) is 0.610. The molecule has 2 atom stereocenters. The smallest absolute Gasteiger partial charge is 0.235 e. The second-order valence-corrected chi connectivity index (χ2v) is 7.01. The van der Waals surface area contributed by atoms with Crippen LogP contribution in [0.4, 0.5) is 5.69 Å². The molecule has 4 rings (SSSR count). The van der Waals surface area contributed by atoms with Crippen LogP contribution in [0.3, 0.4) is 0 Å². The molecule has 0 bridgehead atoms. The molecule has 4 heteroatoms. The Kier molecular flexibility index (Phi) is 3.43. The molecule has 3 nitrogen and oxygen atoms in total. The summed E-state index contributed by atoms with van der Waals surface area (Å²) in [5.41, 5.74) is 9.54. The van der Waals surface area contributed by atoms with E-state index in [0.29, 0.717) is 6.54 Å². The van der Waals surface area contributed by atoms with Crippen LogP contribution in [0.25, 0.3) is 0 Å². The van der Waals surface area contributed by atoms with Gasteiger partial charge in [-0.25, -0.2) is 0 Å². The van der Waals surface area contributed by atoms with Gasteiger partial charge in [0, 0.05) is 28.9 Å². The Morgan fingerprint density at radius 1 is 1.14 bits per heavy atom. The lowest BCUT2D eigenvalue weighted by atomic mass is 9.94. The van der Waals surface area contributed by atoms with Gasteiger partial charge in [0.15, 0.2) is 0 Å². The van der Waals surface area contributed by atoms with Gasteiger partial charge in [0.05, 0.1) is 5.92 Å². The van der Waals surface area contributed by atoms with Crippen molar-refractivity contribution in [3.05, 3.63) is 59.7 Å². The zero-order chi connectivity index (χ0) is 15.1. The minimum Gasteiger partial charge on any atom is -0.326 e. The summed E-state index contributed by atoms with van der Waals surface area (Å²) in [6, 6.07) is 16.4. The lowest BCUT2D eigenvalue weighted by Crippen LogP contribution is -2.47. The number of nitrogens with zero attached hydrogens (tertiary/aromatic N) is 1. The molecule has 0 spiro atoms. The van der Waals surface area contributed by atoms with Gasteiger partial charge in [-0.3, -0.25) is 4.79 Å². The number of benzene rings is 2. The summed E-state index contributed by atoms with van der Waals surface area (Å²) in [5.74, 6) is 0.950. The second kappa shape index (κ2) is 5.45. The van der Waals surface area contributed by atoms with Gasteiger partial charge in [-0.05, 0) is 29.7 Å². The van der Waals surface area contributed by atoms with Crippen LogP contribution in [0.15, 0.2) is 53.4 Å². The number of fused-ring (bicyclic) bond motifs is 2. The Balaban J connectivity index is 1.70. The monoisotopic (exact) mass is 310 g/mol. The van der Waals surface area contributed by atoms with Crippen molar-refractivity contribution in [2.75, 3.05) is 17.2 Å². The van der Waals surface area contributed by atoms with Crippen molar-refractivity contribution < 1.29 is 4.79 Å². The maximum atomic E-state index is 13.1. The standard InChI is InChI=1S/C18H18N2OS/c19-13-9-12-5-1-3-7-16(12)20(10-13)18(21)15-11-22-17-8-4-2-6-14(15)17/h1-8,13,15H,9-11,19H2. The number of anilines is 1. The molecule has 22 heavy (non-hydrogen) atoms. The first-order chi connectivity index (χ1) is 10.7. The summed E-state index contributed by atoms with van der Waals surface area (Å²) in [6.07, 6.45) is 0.843. The van der Waals surface area contributed by atoms with E-state index in [1.54, 1.807) is 11.8 Å². The van der Waals surface area contributed by atoms with Gasteiger partial charge in [0.25, 0.3) is 0 Å². The highest BCUT2D eigenvalue weighted by Gasteiger charge is 2.35. The van der Waals surface area contributed by atoms with E-state index in [4.69, 9.17) is 5.73 Å². The number of hydrogen-bond acceptors (Lipinski definition) is 3. The van der Waals surface area contributed by atoms with E-state index in [9.17, 15) is 4.79 Å². The van der Waals surface area contributed by atoms with Gasteiger partial charge >= 0.3 is 0 Å². The van der Waals surface area contributed by atoms with Gasteiger partial charge in [0.2, 0.25) is 5.91 Å². The average molecular weight is 310 g/mol. The first-order valence-corrected chi connectivity index (χ1v) is 8.59. The predicted molar refractivity (Wildman–Crippen MR) is 90.4 cm³/mol. The molecule has 0 aliphatic carbocycles. The Labute approximate surface area is 134 Å². The lowest BCUT2D eigenvalue weighted by Gasteiger charge is -2.34. The van der Waals surface area contributed by atoms with Crippen molar-refractivity contribution in [3.8, 4) is 0 Å². The van der Waals surface area contributed by atoms with E-state index in [-0.39, 0.29) is 17.9 Å². The minimum absolute atomic E-state index is 0.0168. The number of carbonyl (C=O) groups is 1. The number of thioether (sulfide) groups is 1. The minimum atomic E-state index is -0.0560. The van der Waals surface area contributed by atoms with E-state index in [1.807, 2.05) is 35.2 Å². The van der Waals surface area contributed by atoms with Gasteiger partial charge in [-0.1, -0.05) is 36.4 Å². The molecule has 0 aromatic heterocycles. The molecule has 0 saturated carbocycles. The van der Waals surface area contributed by atoms with Crippen LogP contribution in [-0.4, -0.2) is 24.2 Å². The number of carbonyl (C=O) groups excluding carboxylic acids is 1. The van der Waals surface area contributed by atoms with Crippen molar-refractivity contribution in [2.45, 2.75) is 23.3 Å². The van der Waals surface area contributed by atoms with Crippen LogP contribution in [0, 0.1) is 0 Å². The molecule has 2 N–H and O–H groups in total. The predicted octanol–water partition coefficient (Wildman–Crippen LogP) is 2.79. The van der Waals surface area contributed by atoms with Crippen LogP contribution in [0.2, 0.25) is 0 Å². The Bertz CT molecular complexity index is 731. The number of hydrogen-bond donors (Lipinski definition) is 1. The number of para-hydroxylation sites is 1. The average Bonchev–Trinajstić information content (AvgIpc) is 2.97. The van der Waals surface area contributed by atoms with Gasteiger partial charge < -0.3 is 10.6 Å². The first-order valence-electron chi connectivity index (χ1n) is 7.60. The van der Waals surface area contributed by atoms with Crippen LogP contribution >= 0.6 is 11.8 Å². The third kappa shape index (κ3) is 2.23. The van der Waals surface area contributed by atoms with Crippen LogP contribution in [-0.2, 0) is 11.2 Å². The molecule has 1 amide bonds. The molecule has 2 aromatic carbocycles. The van der Waals surface area contributed by atoms with Crippen molar-refractivity contribution in [1.82, 2.24) is 0 Å². The molecule has 2 aromatic rings. The quantitative estimate of drug-likeness (QED) is 0.881. The zero-order valence-electron chi connectivity index (χ0n) is 12.2. The van der Waals surface area contributed by atoms with E-state index < -0.39 is 0 Å². The van der Waals surface area contributed by atoms with E-state index in [1.165, 1.54) is 10.5 Å². The lowest BCUT2D eigenvalue weighted by molar-refractivity contribution is -0.119. The molecule has 2 heterocycles. The normalized spacial score (nSPS) is 23.0. The van der Waals surface area contributed by atoms with E-state index in [0.717, 1.165) is 23.4 Å². The van der Waals surface area contributed by atoms with Crippen LogP contribution in [0.1, 0.15) is 17.0 Å². The SMILES string of the molecule is NC1Cc2ccccc2N(C(=O)C2CSc3ccccc32)C1. The third-order valence-corrected chi connectivity index (χ3v) is 5.63. The highest BCUT2D eigenvalue weighted by molar-refractivity contribution is 7.99. The highest BCUT2D eigenvalue weighted by atomic mass is 32.2. The molecule has 2 unspecified atom stereocenters. The molecule has 0 fully saturated rings. The summed E-state index contributed by atoms with van der Waals surface area (Å²) >= 11 is 1.77. The molecule has 2 aliphatic rings. The third-order valence-electron chi connectivity index (χ3n) is 4.45. The van der Waals surface area contributed by atoms with Crippen molar-refractivity contribution in [1.29, 1.82) is 0 Å². The Morgan fingerprint density at radius 2 is 1.91 bits per heavy atom. The Morgan fingerprint density at radius 3 is 2.82 bits per heavy atom. The number of amides is 1. The van der Waals surface area contributed by atoms with Crippen molar-refractivity contribution in [3.63, 3.8) is 0 Å². The summed E-state index contributed by atoms with van der Waals surface area (Å²) in [5, 5.41) is 0. The van der Waals surface area contributed by atoms with Crippen LogP contribution in [0.5, 0.6) is 0 Å². The topological polar surface area (TPSA) is 46.3 Å².